The minimum Gasteiger partial charge on any atom is -0.385 e. The maximum Gasteiger partial charge on any atom is 0.270 e. The number of carbonyl (C=O) groups is 1. The minimum atomic E-state index is -0.498. The molecule has 0 radical (unpaired) electrons. The van der Waals surface area contributed by atoms with Gasteiger partial charge in [0.15, 0.2) is 0 Å². The highest BCUT2D eigenvalue weighted by Crippen LogP contribution is 2.23. The molecule has 1 aromatic rings. The predicted molar refractivity (Wildman–Crippen MR) is 74.5 cm³/mol. The number of hydrogen-bond acceptors (Lipinski definition) is 4. The fraction of sp³-hybridized carbons (Fsp3) is 0.462. The normalized spacial score (nSPS) is 10.4. The number of benzene rings is 1. The van der Waals surface area contributed by atoms with Crippen LogP contribution in [-0.2, 0) is 0 Å². The van der Waals surface area contributed by atoms with Gasteiger partial charge in [0.1, 0.15) is 0 Å². The SMILES string of the molecule is CCNc1ccc([N+](=O)[O-])cc1C(=O)N(C)C(C)C. The highest BCUT2D eigenvalue weighted by molar-refractivity contribution is 6.00. The first-order valence-electron chi connectivity index (χ1n) is 6.18. The Morgan fingerprint density at radius 1 is 1.47 bits per heavy atom. The van der Waals surface area contributed by atoms with E-state index >= 15 is 0 Å². The fourth-order valence-corrected chi connectivity index (χ4v) is 1.59. The van der Waals surface area contributed by atoms with Gasteiger partial charge in [-0.05, 0) is 26.8 Å². The Labute approximate surface area is 112 Å². The molecule has 0 aliphatic carbocycles. The molecule has 6 heteroatoms. The van der Waals surface area contributed by atoms with Crippen molar-refractivity contribution >= 4 is 17.3 Å². The van der Waals surface area contributed by atoms with Gasteiger partial charge in [0.05, 0.1) is 10.5 Å². The second kappa shape index (κ2) is 6.17. The Morgan fingerprint density at radius 3 is 2.58 bits per heavy atom. The molecule has 1 amide bonds. The molecular formula is C13H19N3O3. The molecule has 0 unspecified atom stereocenters. The van der Waals surface area contributed by atoms with Crippen LogP contribution in [0.25, 0.3) is 0 Å². The highest BCUT2D eigenvalue weighted by atomic mass is 16.6. The van der Waals surface area contributed by atoms with E-state index in [0.717, 1.165) is 0 Å². The molecule has 0 aliphatic heterocycles. The second-order valence-corrected chi connectivity index (χ2v) is 4.53. The summed E-state index contributed by atoms with van der Waals surface area (Å²) in [5.41, 5.74) is 0.861. The maximum absolute atomic E-state index is 12.3. The van der Waals surface area contributed by atoms with Crippen molar-refractivity contribution in [2.75, 3.05) is 18.9 Å². The standard InChI is InChI=1S/C13H19N3O3/c1-5-14-12-7-6-10(16(18)19)8-11(12)13(17)15(4)9(2)3/h6-9,14H,5H2,1-4H3. The molecule has 0 fully saturated rings. The number of hydrogen-bond donors (Lipinski definition) is 1. The molecular weight excluding hydrogens is 246 g/mol. The van der Waals surface area contributed by atoms with Crippen molar-refractivity contribution in [1.29, 1.82) is 0 Å². The molecule has 0 spiro atoms. The number of nitrogens with zero attached hydrogens (tertiary/aromatic N) is 2. The van der Waals surface area contributed by atoms with Crippen molar-refractivity contribution in [1.82, 2.24) is 4.90 Å². The van der Waals surface area contributed by atoms with Crippen molar-refractivity contribution in [2.24, 2.45) is 0 Å². The van der Waals surface area contributed by atoms with Crippen molar-refractivity contribution in [2.45, 2.75) is 26.8 Å². The van der Waals surface area contributed by atoms with Crippen molar-refractivity contribution < 1.29 is 9.72 Å². The van der Waals surface area contributed by atoms with Crippen LogP contribution >= 0.6 is 0 Å². The molecule has 0 saturated heterocycles. The number of nitro benzene ring substituents is 1. The molecule has 1 aromatic carbocycles. The zero-order chi connectivity index (χ0) is 14.6. The van der Waals surface area contributed by atoms with Crippen LogP contribution in [0.4, 0.5) is 11.4 Å². The first-order valence-corrected chi connectivity index (χ1v) is 6.18. The van der Waals surface area contributed by atoms with E-state index in [2.05, 4.69) is 5.32 Å². The van der Waals surface area contributed by atoms with E-state index in [4.69, 9.17) is 0 Å². The van der Waals surface area contributed by atoms with Crippen LogP contribution in [0.2, 0.25) is 0 Å². The Hall–Kier alpha value is -2.11. The maximum atomic E-state index is 12.3. The van der Waals surface area contributed by atoms with Gasteiger partial charge >= 0.3 is 0 Å². The van der Waals surface area contributed by atoms with Gasteiger partial charge in [-0.3, -0.25) is 14.9 Å². The monoisotopic (exact) mass is 265 g/mol. The zero-order valence-corrected chi connectivity index (χ0v) is 11.6. The Balaban J connectivity index is 3.24. The molecule has 0 heterocycles. The third-order valence-electron chi connectivity index (χ3n) is 2.91. The van der Waals surface area contributed by atoms with E-state index in [9.17, 15) is 14.9 Å². The smallest absolute Gasteiger partial charge is 0.270 e. The van der Waals surface area contributed by atoms with Gasteiger partial charge < -0.3 is 10.2 Å². The van der Waals surface area contributed by atoms with E-state index < -0.39 is 4.92 Å². The summed E-state index contributed by atoms with van der Waals surface area (Å²) in [6.07, 6.45) is 0. The first kappa shape index (κ1) is 14.9. The van der Waals surface area contributed by atoms with E-state index in [-0.39, 0.29) is 17.6 Å². The first-order chi connectivity index (χ1) is 8.88. The topological polar surface area (TPSA) is 75.5 Å². The number of rotatable bonds is 5. The fourth-order valence-electron chi connectivity index (χ4n) is 1.59. The number of nitrogens with one attached hydrogen (secondary N) is 1. The molecule has 0 atom stereocenters. The lowest BCUT2D eigenvalue weighted by Gasteiger charge is -2.22. The van der Waals surface area contributed by atoms with Gasteiger partial charge in [-0.25, -0.2) is 0 Å². The summed E-state index contributed by atoms with van der Waals surface area (Å²) >= 11 is 0. The quantitative estimate of drug-likeness (QED) is 0.655. The van der Waals surface area contributed by atoms with Crippen LogP contribution in [0.1, 0.15) is 31.1 Å². The van der Waals surface area contributed by atoms with Crippen LogP contribution in [0, 0.1) is 10.1 Å². The van der Waals surface area contributed by atoms with Crippen LogP contribution in [0.15, 0.2) is 18.2 Å². The molecule has 0 aromatic heterocycles. The van der Waals surface area contributed by atoms with Gasteiger partial charge in [0.25, 0.3) is 11.6 Å². The average Bonchev–Trinajstić information content (AvgIpc) is 2.37. The van der Waals surface area contributed by atoms with E-state index in [0.29, 0.717) is 17.8 Å². The largest absolute Gasteiger partial charge is 0.385 e. The number of amides is 1. The van der Waals surface area contributed by atoms with Crippen LogP contribution in [-0.4, -0.2) is 35.4 Å². The van der Waals surface area contributed by atoms with Crippen molar-refractivity contribution in [3.8, 4) is 0 Å². The lowest BCUT2D eigenvalue weighted by atomic mass is 10.1. The predicted octanol–water partition coefficient (Wildman–Crippen LogP) is 2.51. The van der Waals surface area contributed by atoms with Crippen LogP contribution in [0.3, 0.4) is 0 Å². The third-order valence-corrected chi connectivity index (χ3v) is 2.91. The Morgan fingerprint density at radius 2 is 2.11 bits per heavy atom. The second-order valence-electron chi connectivity index (χ2n) is 4.53. The molecule has 104 valence electrons. The lowest BCUT2D eigenvalue weighted by molar-refractivity contribution is -0.384. The number of anilines is 1. The highest BCUT2D eigenvalue weighted by Gasteiger charge is 2.20. The summed E-state index contributed by atoms with van der Waals surface area (Å²) in [5, 5.41) is 13.9. The molecule has 0 aliphatic rings. The van der Waals surface area contributed by atoms with Gasteiger partial charge in [0.2, 0.25) is 0 Å². The van der Waals surface area contributed by atoms with Gasteiger partial charge in [-0.1, -0.05) is 0 Å². The van der Waals surface area contributed by atoms with E-state index in [1.54, 1.807) is 18.0 Å². The Kier molecular flexibility index (Phi) is 4.86. The molecule has 6 nitrogen and oxygen atoms in total. The van der Waals surface area contributed by atoms with Gasteiger partial charge in [-0.2, -0.15) is 0 Å². The summed E-state index contributed by atoms with van der Waals surface area (Å²) < 4.78 is 0. The van der Waals surface area contributed by atoms with Gasteiger partial charge in [-0.15, -0.1) is 0 Å². The third kappa shape index (κ3) is 3.43. The molecule has 0 bridgehead atoms. The molecule has 0 saturated carbocycles. The van der Waals surface area contributed by atoms with Crippen molar-refractivity contribution in [3.05, 3.63) is 33.9 Å². The summed E-state index contributed by atoms with van der Waals surface area (Å²) in [4.78, 5) is 24.2. The molecule has 1 rings (SSSR count). The number of non-ortho nitro benzene ring substituents is 1. The zero-order valence-electron chi connectivity index (χ0n) is 11.6. The van der Waals surface area contributed by atoms with Gasteiger partial charge in [0, 0.05) is 37.5 Å². The summed E-state index contributed by atoms with van der Waals surface area (Å²) in [5.74, 6) is -0.227. The summed E-state index contributed by atoms with van der Waals surface area (Å²) in [6, 6.07) is 4.31. The van der Waals surface area contributed by atoms with Crippen LogP contribution < -0.4 is 5.32 Å². The Bertz CT molecular complexity index is 486. The van der Waals surface area contributed by atoms with Crippen LogP contribution in [0.5, 0.6) is 0 Å². The average molecular weight is 265 g/mol. The lowest BCUT2D eigenvalue weighted by Crippen LogP contribution is -2.33. The number of nitro groups is 1. The van der Waals surface area contributed by atoms with E-state index in [1.807, 2.05) is 20.8 Å². The summed E-state index contributed by atoms with van der Waals surface area (Å²) in [6.45, 7) is 6.33. The molecule has 19 heavy (non-hydrogen) atoms. The minimum absolute atomic E-state index is 0.0289. The van der Waals surface area contributed by atoms with Crippen molar-refractivity contribution in [3.63, 3.8) is 0 Å². The summed E-state index contributed by atoms with van der Waals surface area (Å²) in [7, 11) is 1.68. The number of carbonyl (C=O) groups excluding carboxylic acids is 1. The molecule has 1 N–H and O–H groups in total. The van der Waals surface area contributed by atoms with E-state index in [1.165, 1.54) is 12.1 Å².